The summed E-state index contributed by atoms with van der Waals surface area (Å²) in [6.45, 7) is 1.11. The molecule has 2 rings (SSSR count). The van der Waals surface area contributed by atoms with E-state index in [0.29, 0.717) is 18.1 Å². The molecule has 0 aliphatic heterocycles. The van der Waals surface area contributed by atoms with Crippen molar-refractivity contribution in [3.05, 3.63) is 57.0 Å². The summed E-state index contributed by atoms with van der Waals surface area (Å²) >= 11 is 9.56. The van der Waals surface area contributed by atoms with Crippen LogP contribution in [-0.2, 0) is 13.1 Å². The molecular formula is C15H15BrClNO2. The molecule has 2 aromatic carbocycles. The Bertz CT molecular complexity index is 604. The first-order valence-electron chi connectivity index (χ1n) is 6.11. The molecule has 2 N–H and O–H groups in total. The van der Waals surface area contributed by atoms with E-state index in [1.165, 1.54) is 0 Å². The summed E-state index contributed by atoms with van der Waals surface area (Å²) in [6, 6.07) is 10.9. The molecule has 2 aromatic rings. The molecule has 0 aromatic heterocycles. The van der Waals surface area contributed by atoms with Crippen LogP contribution in [0.1, 0.15) is 11.1 Å². The van der Waals surface area contributed by atoms with E-state index >= 15 is 0 Å². The smallest absolute Gasteiger partial charge is 0.124 e. The molecule has 20 heavy (non-hydrogen) atoms. The maximum atomic E-state index is 9.78. The summed E-state index contributed by atoms with van der Waals surface area (Å²) < 4.78 is 6.22. The van der Waals surface area contributed by atoms with Crippen LogP contribution in [0.5, 0.6) is 11.5 Å². The Labute approximate surface area is 131 Å². The second kappa shape index (κ2) is 6.97. The molecule has 0 atom stereocenters. The minimum Gasteiger partial charge on any atom is -0.508 e. The van der Waals surface area contributed by atoms with Gasteiger partial charge in [-0.05, 0) is 30.3 Å². The Morgan fingerprint density at radius 3 is 2.80 bits per heavy atom. The maximum Gasteiger partial charge on any atom is 0.124 e. The number of ether oxygens (including phenoxy) is 1. The number of hydrogen-bond acceptors (Lipinski definition) is 3. The lowest BCUT2D eigenvalue weighted by atomic mass is 10.1. The van der Waals surface area contributed by atoms with Crippen LogP contribution in [0.3, 0.4) is 0 Å². The zero-order valence-electron chi connectivity index (χ0n) is 11.0. The fourth-order valence-electron chi connectivity index (χ4n) is 1.92. The van der Waals surface area contributed by atoms with E-state index in [2.05, 4.69) is 21.2 Å². The van der Waals surface area contributed by atoms with E-state index in [0.717, 1.165) is 21.3 Å². The van der Waals surface area contributed by atoms with Crippen LogP contribution in [0.4, 0.5) is 0 Å². The predicted molar refractivity (Wildman–Crippen MR) is 84.4 cm³/mol. The van der Waals surface area contributed by atoms with Crippen LogP contribution in [0, 0.1) is 0 Å². The van der Waals surface area contributed by atoms with Crippen LogP contribution >= 0.6 is 27.5 Å². The van der Waals surface area contributed by atoms with Crippen molar-refractivity contribution in [2.45, 2.75) is 13.1 Å². The van der Waals surface area contributed by atoms with Crippen LogP contribution < -0.4 is 10.1 Å². The lowest BCUT2D eigenvalue weighted by Crippen LogP contribution is -2.14. The van der Waals surface area contributed by atoms with Crippen molar-refractivity contribution < 1.29 is 9.84 Å². The normalized spacial score (nSPS) is 10.6. The third kappa shape index (κ3) is 3.66. The lowest BCUT2D eigenvalue weighted by Gasteiger charge is -2.12. The van der Waals surface area contributed by atoms with Gasteiger partial charge in [0.05, 0.1) is 7.11 Å². The van der Waals surface area contributed by atoms with Crippen molar-refractivity contribution in [2.24, 2.45) is 0 Å². The van der Waals surface area contributed by atoms with Gasteiger partial charge in [-0.15, -0.1) is 0 Å². The largest absolute Gasteiger partial charge is 0.508 e. The highest BCUT2D eigenvalue weighted by molar-refractivity contribution is 9.10. The van der Waals surface area contributed by atoms with Gasteiger partial charge in [-0.2, -0.15) is 0 Å². The molecule has 0 spiro atoms. The molecule has 0 saturated carbocycles. The molecule has 0 unspecified atom stereocenters. The van der Waals surface area contributed by atoms with E-state index in [1.807, 2.05) is 24.3 Å². The number of phenols is 1. The number of halogens is 2. The third-order valence-electron chi connectivity index (χ3n) is 2.95. The quantitative estimate of drug-likeness (QED) is 0.847. The number of nitrogens with one attached hydrogen (secondary N) is 1. The third-order valence-corrected chi connectivity index (χ3v) is 3.80. The van der Waals surface area contributed by atoms with E-state index < -0.39 is 0 Å². The second-order valence-corrected chi connectivity index (χ2v) is 5.62. The van der Waals surface area contributed by atoms with Gasteiger partial charge in [0.2, 0.25) is 0 Å². The lowest BCUT2D eigenvalue weighted by molar-refractivity contribution is 0.407. The monoisotopic (exact) mass is 355 g/mol. The van der Waals surface area contributed by atoms with Gasteiger partial charge in [-0.25, -0.2) is 0 Å². The first-order valence-corrected chi connectivity index (χ1v) is 7.28. The minimum atomic E-state index is 0.270. The van der Waals surface area contributed by atoms with Gasteiger partial charge in [-0.3, -0.25) is 0 Å². The number of benzene rings is 2. The summed E-state index contributed by atoms with van der Waals surface area (Å²) in [5.41, 5.74) is 1.73. The van der Waals surface area contributed by atoms with Crippen LogP contribution in [0.25, 0.3) is 0 Å². The highest BCUT2D eigenvalue weighted by Crippen LogP contribution is 2.26. The SMILES string of the molecule is COc1cccc(Cl)c1CNCc1cc(Br)ccc1O. The predicted octanol–water partition coefficient (Wildman–Crippen LogP) is 4.11. The summed E-state index contributed by atoms with van der Waals surface area (Å²) in [7, 11) is 1.62. The molecule has 0 amide bonds. The first-order chi connectivity index (χ1) is 9.61. The fourth-order valence-corrected chi connectivity index (χ4v) is 2.56. The van der Waals surface area contributed by atoms with Crippen molar-refractivity contribution in [3.63, 3.8) is 0 Å². The van der Waals surface area contributed by atoms with Crippen LogP contribution in [-0.4, -0.2) is 12.2 Å². The summed E-state index contributed by atoms with van der Waals surface area (Å²) in [4.78, 5) is 0. The van der Waals surface area contributed by atoms with Crippen molar-refractivity contribution >= 4 is 27.5 Å². The number of rotatable bonds is 5. The molecule has 0 radical (unpaired) electrons. The number of phenolic OH excluding ortho intramolecular Hbond substituents is 1. The van der Waals surface area contributed by atoms with Gasteiger partial charge >= 0.3 is 0 Å². The van der Waals surface area contributed by atoms with Gasteiger partial charge in [0, 0.05) is 33.7 Å². The van der Waals surface area contributed by atoms with E-state index in [-0.39, 0.29) is 5.75 Å². The highest BCUT2D eigenvalue weighted by Gasteiger charge is 2.08. The Balaban J connectivity index is 2.05. The zero-order chi connectivity index (χ0) is 14.5. The fraction of sp³-hybridized carbons (Fsp3) is 0.200. The van der Waals surface area contributed by atoms with Crippen LogP contribution in [0.2, 0.25) is 5.02 Å². The van der Waals surface area contributed by atoms with E-state index in [1.54, 1.807) is 19.2 Å². The average molecular weight is 357 g/mol. The summed E-state index contributed by atoms with van der Waals surface area (Å²) in [5.74, 6) is 1.02. The molecule has 0 heterocycles. The topological polar surface area (TPSA) is 41.5 Å². The molecule has 0 saturated heterocycles. The summed E-state index contributed by atoms with van der Waals surface area (Å²) in [5, 5.41) is 13.7. The Morgan fingerprint density at radius 2 is 2.05 bits per heavy atom. The minimum absolute atomic E-state index is 0.270. The van der Waals surface area contributed by atoms with Gasteiger partial charge in [-0.1, -0.05) is 33.6 Å². The summed E-state index contributed by atoms with van der Waals surface area (Å²) in [6.07, 6.45) is 0. The van der Waals surface area contributed by atoms with Crippen molar-refractivity contribution in [1.29, 1.82) is 0 Å². The maximum absolute atomic E-state index is 9.78. The highest BCUT2D eigenvalue weighted by atomic mass is 79.9. The van der Waals surface area contributed by atoms with E-state index in [9.17, 15) is 5.11 Å². The standard InChI is InChI=1S/C15H15BrClNO2/c1-20-15-4-2-3-13(17)12(15)9-18-8-10-7-11(16)5-6-14(10)19/h2-7,18-19H,8-9H2,1H3. The molecule has 5 heteroatoms. The van der Waals surface area contributed by atoms with Gasteiger partial charge in [0.1, 0.15) is 11.5 Å². The first kappa shape index (κ1) is 15.2. The van der Waals surface area contributed by atoms with Crippen molar-refractivity contribution in [2.75, 3.05) is 7.11 Å². The molecule has 0 aliphatic rings. The van der Waals surface area contributed by atoms with Crippen LogP contribution in [0.15, 0.2) is 40.9 Å². The molecule has 0 aliphatic carbocycles. The number of aromatic hydroxyl groups is 1. The van der Waals surface area contributed by atoms with Gasteiger partial charge in [0.15, 0.2) is 0 Å². The van der Waals surface area contributed by atoms with Gasteiger partial charge < -0.3 is 15.2 Å². The molecule has 0 bridgehead atoms. The Morgan fingerprint density at radius 1 is 1.25 bits per heavy atom. The Kier molecular flexibility index (Phi) is 5.29. The van der Waals surface area contributed by atoms with Gasteiger partial charge in [0.25, 0.3) is 0 Å². The number of methoxy groups -OCH3 is 1. The zero-order valence-corrected chi connectivity index (χ0v) is 13.3. The van der Waals surface area contributed by atoms with Crippen molar-refractivity contribution in [1.82, 2.24) is 5.32 Å². The molecule has 3 nitrogen and oxygen atoms in total. The van der Waals surface area contributed by atoms with Crippen molar-refractivity contribution in [3.8, 4) is 11.5 Å². The molecule has 0 fully saturated rings. The molecular weight excluding hydrogens is 342 g/mol. The second-order valence-electron chi connectivity index (χ2n) is 4.30. The Hall–Kier alpha value is -1.23. The molecule has 106 valence electrons. The number of hydrogen-bond donors (Lipinski definition) is 2. The average Bonchev–Trinajstić information content (AvgIpc) is 2.44. The van der Waals surface area contributed by atoms with E-state index in [4.69, 9.17) is 16.3 Å².